The summed E-state index contributed by atoms with van der Waals surface area (Å²) in [6.07, 6.45) is 0. The Morgan fingerprint density at radius 2 is 1.86 bits per heavy atom. The van der Waals surface area contributed by atoms with E-state index in [4.69, 9.17) is 4.42 Å². The molecule has 1 aromatic heterocycles. The molecule has 2 rings (SSSR count). The van der Waals surface area contributed by atoms with Gasteiger partial charge < -0.3 is 9.73 Å². The van der Waals surface area contributed by atoms with Crippen LogP contribution in [0, 0.1) is 13.8 Å². The fraction of sp³-hybridized carbons (Fsp3) is 0.182. The molecule has 1 heterocycles. The smallest absolute Gasteiger partial charge is 0.193 e. The van der Waals surface area contributed by atoms with E-state index in [9.17, 15) is 0 Å². The molecule has 0 saturated heterocycles. The molecule has 3 nitrogen and oxygen atoms in total. The van der Waals surface area contributed by atoms with Gasteiger partial charge in [-0.25, -0.2) is 0 Å². The predicted octanol–water partition coefficient (Wildman–Crippen LogP) is 3.04. The number of aromatic nitrogens is 1. The lowest BCUT2D eigenvalue weighted by Gasteiger charge is -2.01. The van der Waals surface area contributed by atoms with Crippen LogP contribution in [0.2, 0.25) is 0 Å². The lowest BCUT2D eigenvalue weighted by Crippen LogP contribution is -1.91. The number of oxazole rings is 1. The Hall–Kier alpha value is -1.77. The average molecular weight is 188 g/mol. The molecule has 0 amide bonds. The Labute approximate surface area is 82.8 Å². The van der Waals surface area contributed by atoms with Gasteiger partial charge in [-0.15, -0.1) is 0 Å². The summed E-state index contributed by atoms with van der Waals surface area (Å²) in [7, 11) is 0. The van der Waals surface area contributed by atoms with Crippen LogP contribution in [0.15, 0.2) is 34.7 Å². The molecule has 0 aliphatic rings. The molecule has 0 aliphatic carbocycles. The first kappa shape index (κ1) is 8.81. The molecule has 0 radical (unpaired) electrons. The maximum Gasteiger partial charge on any atom is 0.193 e. The van der Waals surface area contributed by atoms with Crippen molar-refractivity contribution in [3.8, 4) is 0 Å². The number of hydrogen-bond acceptors (Lipinski definition) is 3. The third-order valence-electron chi connectivity index (χ3n) is 1.94. The van der Waals surface area contributed by atoms with E-state index in [-0.39, 0.29) is 0 Å². The second kappa shape index (κ2) is 3.54. The number of hydrogen-bond donors (Lipinski definition) is 1. The fourth-order valence-electron chi connectivity index (χ4n) is 1.30. The highest BCUT2D eigenvalue weighted by Gasteiger charge is 2.05. The van der Waals surface area contributed by atoms with Crippen LogP contribution in [-0.4, -0.2) is 4.98 Å². The van der Waals surface area contributed by atoms with Crippen LogP contribution in [0.4, 0.5) is 11.5 Å². The number of anilines is 2. The summed E-state index contributed by atoms with van der Waals surface area (Å²) in [5.74, 6) is 2.28. The summed E-state index contributed by atoms with van der Waals surface area (Å²) in [5, 5.41) is 3.19. The van der Waals surface area contributed by atoms with Gasteiger partial charge in [-0.1, -0.05) is 18.2 Å². The van der Waals surface area contributed by atoms with E-state index in [1.807, 2.05) is 44.2 Å². The average Bonchev–Trinajstić information content (AvgIpc) is 2.47. The van der Waals surface area contributed by atoms with Crippen molar-refractivity contribution in [3.05, 3.63) is 42.0 Å². The van der Waals surface area contributed by atoms with E-state index in [0.29, 0.717) is 5.89 Å². The Morgan fingerprint density at radius 1 is 1.14 bits per heavy atom. The molecule has 72 valence electrons. The molecule has 0 saturated carbocycles. The molecule has 14 heavy (non-hydrogen) atoms. The fourth-order valence-corrected chi connectivity index (χ4v) is 1.30. The molecule has 0 bridgehead atoms. The zero-order valence-corrected chi connectivity index (χ0v) is 8.24. The maximum absolute atomic E-state index is 5.31. The molecule has 1 N–H and O–H groups in total. The van der Waals surface area contributed by atoms with Crippen LogP contribution in [0.3, 0.4) is 0 Å². The molecule has 1 aromatic carbocycles. The van der Waals surface area contributed by atoms with Gasteiger partial charge in [0.05, 0.1) is 0 Å². The standard InChI is InChI=1S/C11H12N2O/c1-8-11(12-9(2)14-8)13-10-6-4-3-5-7-10/h3-7,13H,1-2H3. The molecule has 0 aliphatic heterocycles. The normalized spacial score (nSPS) is 10.1. The number of rotatable bonds is 2. The molecule has 0 fully saturated rings. The molecular weight excluding hydrogens is 176 g/mol. The summed E-state index contributed by atoms with van der Waals surface area (Å²) in [6, 6.07) is 9.91. The van der Waals surface area contributed by atoms with Crippen LogP contribution in [-0.2, 0) is 0 Å². The lowest BCUT2D eigenvalue weighted by molar-refractivity contribution is 0.495. The van der Waals surface area contributed by atoms with Gasteiger partial charge in [-0.3, -0.25) is 0 Å². The third kappa shape index (κ3) is 1.76. The van der Waals surface area contributed by atoms with Crippen molar-refractivity contribution in [1.82, 2.24) is 4.98 Å². The van der Waals surface area contributed by atoms with E-state index in [2.05, 4.69) is 10.3 Å². The van der Waals surface area contributed by atoms with E-state index < -0.39 is 0 Å². The van der Waals surface area contributed by atoms with Gasteiger partial charge in [0.25, 0.3) is 0 Å². The quantitative estimate of drug-likeness (QED) is 0.787. The van der Waals surface area contributed by atoms with Crippen molar-refractivity contribution in [3.63, 3.8) is 0 Å². The van der Waals surface area contributed by atoms with Gasteiger partial charge in [0.2, 0.25) is 0 Å². The van der Waals surface area contributed by atoms with Crippen molar-refractivity contribution < 1.29 is 4.42 Å². The van der Waals surface area contributed by atoms with Gasteiger partial charge in [-0.05, 0) is 19.1 Å². The number of nitrogens with zero attached hydrogens (tertiary/aromatic N) is 1. The van der Waals surface area contributed by atoms with Gasteiger partial charge in [-0.2, -0.15) is 4.98 Å². The van der Waals surface area contributed by atoms with Crippen LogP contribution >= 0.6 is 0 Å². The minimum Gasteiger partial charge on any atom is -0.444 e. The molecule has 0 unspecified atom stereocenters. The zero-order chi connectivity index (χ0) is 9.97. The van der Waals surface area contributed by atoms with Crippen LogP contribution in [0.1, 0.15) is 11.7 Å². The highest BCUT2D eigenvalue weighted by molar-refractivity contribution is 5.57. The molecule has 2 aromatic rings. The highest BCUT2D eigenvalue weighted by Crippen LogP contribution is 2.19. The molecule has 0 spiro atoms. The van der Waals surface area contributed by atoms with Crippen LogP contribution in [0.5, 0.6) is 0 Å². The predicted molar refractivity (Wildman–Crippen MR) is 55.7 cm³/mol. The number of aryl methyl sites for hydroxylation is 2. The molecular formula is C11H12N2O. The number of benzene rings is 1. The summed E-state index contributed by atoms with van der Waals surface area (Å²) in [5.41, 5.74) is 1.02. The largest absolute Gasteiger partial charge is 0.444 e. The van der Waals surface area contributed by atoms with Crippen molar-refractivity contribution in [2.24, 2.45) is 0 Å². The van der Waals surface area contributed by atoms with Crippen LogP contribution in [0.25, 0.3) is 0 Å². The summed E-state index contributed by atoms with van der Waals surface area (Å²) >= 11 is 0. The van der Waals surface area contributed by atoms with E-state index >= 15 is 0 Å². The van der Waals surface area contributed by atoms with Crippen LogP contribution < -0.4 is 5.32 Å². The van der Waals surface area contributed by atoms with Crippen molar-refractivity contribution in [2.45, 2.75) is 13.8 Å². The first-order valence-electron chi connectivity index (χ1n) is 4.52. The summed E-state index contributed by atoms with van der Waals surface area (Å²) in [4.78, 5) is 4.23. The van der Waals surface area contributed by atoms with Crippen molar-refractivity contribution in [1.29, 1.82) is 0 Å². The number of para-hydroxylation sites is 1. The van der Waals surface area contributed by atoms with E-state index in [0.717, 1.165) is 17.3 Å². The molecule has 0 atom stereocenters. The topological polar surface area (TPSA) is 38.1 Å². The number of nitrogens with one attached hydrogen (secondary N) is 1. The van der Waals surface area contributed by atoms with Crippen molar-refractivity contribution >= 4 is 11.5 Å². The Kier molecular flexibility index (Phi) is 2.23. The Morgan fingerprint density at radius 3 is 2.43 bits per heavy atom. The maximum atomic E-state index is 5.31. The summed E-state index contributed by atoms with van der Waals surface area (Å²) < 4.78 is 5.31. The monoisotopic (exact) mass is 188 g/mol. The van der Waals surface area contributed by atoms with E-state index in [1.54, 1.807) is 0 Å². The first-order valence-corrected chi connectivity index (χ1v) is 4.52. The van der Waals surface area contributed by atoms with Gasteiger partial charge >= 0.3 is 0 Å². The second-order valence-electron chi connectivity index (χ2n) is 3.13. The minimum absolute atomic E-state index is 0.681. The Balaban J connectivity index is 2.23. The molecule has 3 heteroatoms. The van der Waals surface area contributed by atoms with Gasteiger partial charge in [0.15, 0.2) is 11.7 Å². The first-order chi connectivity index (χ1) is 6.75. The third-order valence-corrected chi connectivity index (χ3v) is 1.94. The van der Waals surface area contributed by atoms with E-state index in [1.165, 1.54) is 0 Å². The Bertz CT molecular complexity index is 420. The van der Waals surface area contributed by atoms with Gasteiger partial charge in [0.1, 0.15) is 5.76 Å². The van der Waals surface area contributed by atoms with Crippen molar-refractivity contribution in [2.75, 3.05) is 5.32 Å². The lowest BCUT2D eigenvalue weighted by atomic mass is 10.3. The second-order valence-corrected chi connectivity index (χ2v) is 3.13. The van der Waals surface area contributed by atoms with Gasteiger partial charge in [0, 0.05) is 12.6 Å². The highest BCUT2D eigenvalue weighted by atomic mass is 16.4. The minimum atomic E-state index is 0.681. The summed E-state index contributed by atoms with van der Waals surface area (Å²) in [6.45, 7) is 3.73. The zero-order valence-electron chi connectivity index (χ0n) is 8.24. The SMILES string of the molecule is Cc1nc(Nc2ccccc2)c(C)o1.